The maximum atomic E-state index is 8.71. The highest BCUT2D eigenvalue weighted by atomic mass is 16.5. The molecule has 1 aromatic rings. The van der Waals surface area contributed by atoms with Crippen LogP contribution in [0.3, 0.4) is 0 Å². The number of nitriles is 1. The lowest BCUT2D eigenvalue weighted by atomic mass is 10.2. The van der Waals surface area contributed by atoms with E-state index in [2.05, 4.69) is 26.3 Å². The maximum Gasteiger partial charge on any atom is 0.322 e. The molecule has 0 amide bonds. The topological polar surface area (TPSA) is 87.0 Å². The van der Waals surface area contributed by atoms with Crippen molar-refractivity contribution >= 4 is 11.9 Å². The molecule has 0 radical (unpaired) electrons. The zero-order chi connectivity index (χ0) is 13.5. The summed E-state index contributed by atoms with van der Waals surface area (Å²) in [4.78, 5) is 14.4. The predicted octanol–water partition coefficient (Wildman–Crippen LogP) is 1.05. The van der Waals surface area contributed by atoms with Crippen molar-refractivity contribution in [1.29, 1.82) is 5.26 Å². The fourth-order valence-electron chi connectivity index (χ4n) is 1.30. The first-order chi connectivity index (χ1) is 8.62. The molecule has 0 spiro atoms. The van der Waals surface area contributed by atoms with E-state index < -0.39 is 0 Å². The lowest BCUT2D eigenvalue weighted by Gasteiger charge is -2.23. The molecule has 0 saturated heterocycles. The average Bonchev–Trinajstić information content (AvgIpc) is 2.38. The van der Waals surface area contributed by atoms with Crippen molar-refractivity contribution in [3.63, 3.8) is 0 Å². The van der Waals surface area contributed by atoms with Crippen LogP contribution in [0.5, 0.6) is 6.01 Å². The second-order valence-electron chi connectivity index (χ2n) is 3.80. The second kappa shape index (κ2) is 6.59. The van der Waals surface area contributed by atoms with Crippen molar-refractivity contribution in [1.82, 2.24) is 15.0 Å². The van der Waals surface area contributed by atoms with Crippen molar-refractivity contribution < 1.29 is 4.74 Å². The average molecular weight is 250 g/mol. The fourth-order valence-corrected chi connectivity index (χ4v) is 1.30. The molecule has 0 bridgehead atoms. The SMILES string of the molecule is CCNc1nc(OC)nc(N(C)C(C)CC#N)n1. The van der Waals surface area contributed by atoms with Gasteiger partial charge in [0.05, 0.1) is 19.6 Å². The van der Waals surface area contributed by atoms with Gasteiger partial charge in [-0.15, -0.1) is 0 Å². The van der Waals surface area contributed by atoms with Crippen LogP contribution in [0.2, 0.25) is 0 Å². The Morgan fingerprint density at radius 2 is 2.17 bits per heavy atom. The number of nitrogens with one attached hydrogen (secondary N) is 1. The standard InChI is InChI=1S/C11H18N6O/c1-5-13-9-14-10(16-11(15-9)18-4)17(3)8(2)6-7-12/h8H,5-6H2,1-4H3,(H,13,14,15,16). The number of ether oxygens (including phenoxy) is 1. The third-order valence-corrected chi connectivity index (χ3v) is 2.48. The maximum absolute atomic E-state index is 8.71. The highest BCUT2D eigenvalue weighted by molar-refractivity contribution is 5.38. The van der Waals surface area contributed by atoms with Gasteiger partial charge in [0.2, 0.25) is 11.9 Å². The molecule has 0 aliphatic carbocycles. The van der Waals surface area contributed by atoms with Crippen LogP contribution in [0.15, 0.2) is 0 Å². The number of hydrogen-bond acceptors (Lipinski definition) is 7. The molecule has 7 nitrogen and oxygen atoms in total. The van der Waals surface area contributed by atoms with Crippen LogP contribution >= 0.6 is 0 Å². The summed E-state index contributed by atoms with van der Waals surface area (Å²) in [6.45, 7) is 4.61. The lowest BCUT2D eigenvalue weighted by Crippen LogP contribution is -2.30. The van der Waals surface area contributed by atoms with E-state index in [9.17, 15) is 0 Å². The molecule has 1 rings (SSSR count). The Labute approximate surface area is 107 Å². The minimum atomic E-state index is 0.0246. The van der Waals surface area contributed by atoms with Gasteiger partial charge in [0.25, 0.3) is 0 Å². The van der Waals surface area contributed by atoms with Gasteiger partial charge in [-0.1, -0.05) is 0 Å². The summed E-state index contributed by atoms with van der Waals surface area (Å²) in [6, 6.07) is 2.41. The number of anilines is 2. The van der Waals surface area contributed by atoms with Crippen LogP contribution in [-0.4, -0.2) is 41.7 Å². The van der Waals surface area contributed by atoms with E-state index in [0.717, 1.165) is 0 Å². The molecule has 18 heavy (non-hydrogen) atoms. The summed E-state index contributed by atoms with van der Waals surface area (Å²) in [5.41, 5.74) is 0. The number of rotatable bonds is 6. The summed E-state index contributed by atoms with van der Waals surface area (Å²) in [5.74, 6) is 0.955. The smallest absolute Gasteiger partial charge is 0.322 e. The fraction of sp³-hybridized carbons (Fsp3) is 0.636. The zero-order valence-corrected chi connectivity index (χ0v) is 11.1. The van der Waals surface area contributed by atoms with Crippen LogP contribution in [0.1, 0.15) is 20.3 Å². The van der Waals surface area contributed by atoms with Crippen molar-refractivity contribution in [2.45, 2.75) is 26.3 Å². The Morgan fingerprint density at radius 1 is 1.44 bits per heavy atom. The van der Waals surface area contributed by atoms with Crippen molar-refractivity contribution in [2.75, 3.05) is 30.9 Å². The van der Waals surface area contributed by atoms with Gasteiger partial charge in [-0.05, 0) is 13.8 Å². The van der Waals surface area contributed by atoms with E-state index in [-0.39, 0.29) is 12.1 Å². The largest absolute Gasteiger partial charge is 0.467 e. The van der Waals surface area contributed by atoms with E-state index in [4.69, 9.17) is 10.00 Å². The van der Waals surface area contributed by atoms with Gasteiger partial charge in [0.15, 0.2) is 0 Å². The van der Waals surface area contributed by atoms with E-state index in [0.29, 0.717) is 24.9 Å². The Bertz CT molecular complexity index is 430. The van der Waals surface area contributed by atoms with E-state index in [1.54, 1.807) is 0 Å². The van der Waals surface area contributed by atoms with Crippen molar-refractivity contribution in [3.05, 3.63) is 0 Å². The Hall–Kier alpha value is -2.10. The highest BCUT2D eigenvalue weighted by Crippen LogP contribution is 2.16. The quantitative estimate of drug-likeness (QED) is 0.807. The zero-order valence-electron chi connectivity index (χ0n) is 11.1. The van der Waals surface area contributed by atoms with Gasteiger partial charge < -0.3 is 15.0 Å². The van der Waals surface area contributed by atoms with Crippen molar-refractivity contribution in [2.24, 2.45) is 0 Å². The van der Waals surface area contributed by atoms with Crippen LogP contribution in [-0.2, 0) is 0 Å². The normalized spacial score (nSPS) is 11.5. The number of hydrogen-bond donors (Lipinski definition) is 1. The second-order valence-corrected chi connectivity index (χ2v) is 3.80. The molecular weight excluding hydrogens is 232 g/mol. The summed E-state index contributed by atoms with van der Waals surface area (Å²) in [6.07, 6.45) is 0.404. The summed E-state index contributed by atoms with van der Waals surface area (Å²) in [7, 11) is 3.35. The Kier molecular flexibility index (Phi) is 5.11. The highest BCUT2D eigenvalue weighted by Gasteiger charge is 2.15. The van der Waals surface area contributed by atoms with Gasteiger partial charge in [-0.25, -0.2) is 0 Å². The number of nitrogens with zero attached hydrogens (tertiary/aromatic N) is 5. The van der Waals surface area contributed by atoms with Crippen LogP contribution in [0.25, 0.3) is 0 Å². The molecule has 0 fully saturated rings. The third-order valence-electron chi connectivity index (χ3n) is 2.48. The molecule has 0 aliphatic rings. The van der Waals surface area contributed by atoms with E-state index >= 15 is 0 Å². The van der Waals surface area contributed by atoms with Crippen LogP contribution in [0, 0.1) is 11.3 Å². The summed E-state index contributed by atoms with van der Waals surface area (Å²) in [5, 5.41) is 11.7. The minimum Gasteiger partial charge on any atom is -0.467 e. The molecule has 1 unspecified atom stereocenters. The number of aromatic nitrogens is 3. The molecule has 98 valence electrons. The first kappa shape index (κ1) is 14.0. The van der Waals surface area contributed by atoms with Crippen molar-refractivity contribution in [3.8, 4) is 12.1 Å². The molecule has 0 saturated carbocycles. The van der Waals surface area contributed by atoms with Gasteiger partial charge in [-0.2, -0.15) is 20.2 Å². The van der Waals surface area contributed by atoms with Crippen LogP contribution < -0.4 is 15.0 Å². The number of methoxy groups -OCH3 is 1. The molecule has 1 atom stereocenters. The first-order valence-corrected chi connectivity index (χ1v) is 5.76. The Morgan fingerprint density at radius 3 is 2.72 bits per heavy atom. The third kappa shape index (κ3) is 3.45. The molecule has 0 aromatic carbocycles. The summed E-state index contributed by atoms with van der Waals surface area (Å²) >= 11 is 0. The van der Waals surface area contributed by atoms with Crippen LogP contribution in [0.4, 0.5) is 11.9 Å². The molecule has 7 heteroatoms. The Balaban J connectivity index is 2.99. The molecule has 1 N–H and O–H groups in total. The van der Waals surface area contributed by atoms with Gasteiger partial charge in [0, 0.05) is 19.6 Å². The first-order valence-electron chi connectivity index (χ1n) is 5.76. The summed E-state index contributed by atoms with van der Waals surface area (Å²) < 4.78 is 5.04. The van der Waals surface area contributed by atoms with Gasteiger partial charge in [-0.3, -0.25) is 0 Å². The monoisotopic (exact) mass is 250 g/mol. The minimum absolute atomic E-state index is 0.0246. The molecule has 1 heterocycles. The van der Waals surface area contributed by atoms with Gasteiger partial charge in [0.1, 0.15) is 0 Å². The van der Waals surface area contributed by atoms with Gasteiger partial charge >= 0.3 is 6.01 Å². The van der Waals surface area contributed by atoms with E-state index in [1.165, 1.54) is 7.11 Å². The lowest BCUT2D eigenvalue weighted by molar-refractivity contribution is 0.378. The van der Waals surface area contributed by atoms with E-state index in [1.807, 2.05) is 25.8 Å². The molecule has 1 aromatic heterocycles. The molecule has 0 aliphatic heterocycles. The predicted molar refractivity (Wildman–Crippen MR) is 68.6 cm³/mol. The molecular formula is C11H18N6O.